The Hall–Kier alpha value is -4.10. The highest BCUT2D eigenvalue weighted by molar-refractivity contribution is 6.25. The zero-order valence-electron chi connectivity index (χ0n) is 19.7. The van der Waals surface area contributed by atoms with Crippen LogP contribution in [0.15, 0.2) is 97.1 Å². The Kier molecular flexibility index (Phi) is 3.96. The van der Waals surface area contributed by atoms with Gasteiger partial charge < -0.3 is 4.40 Å². The van der Waals surface area contributed by atoms with Crippen molar-refractivity contribution >= 4 is 59.6 Å². The van der Waals surface area contributed by atoms with Crippen molar-refractivity contribution in [3.8, 4) is 0 Å². The van der Waals surface area contributed by atoms with Crippen LogP contribution in [0.2, 0.25) is 0 Å². The standard InChI is InChI=1S/C33H25N/c1-20-15-16-31-27(17-20)29-19-21(2)18-28-23-10-4-5-12-25(23)32-22(3)9-8-13-26(32)24-11-6-7-14-30(24)34(31)33(28)29/h4-19H,1-3H3. The summed E-state index contributed by atoms with van der Waals surface area (Å²) >= 11 is 0. The number of para-hydroxylation sites is 1. The van der Waals surface area contributed by atoms with Gasteiger partial charge in [-0.15, -0.1) is 0 Å². The largest absolute Gasteiger partial charge is 0.308 e. The van der Waals surface area contributed by atoms with Gasteiger partial charge in [-0.25, -0.2) is 0 Å². The molecule has 162 valence electrons. The average Bonchev–Trinajstić information content (AvgIpc) is 3.17. The van der Waals surface area contributed by atoms with E-state index in [4.69, 9.17) is 0 Å². The molecule has 7 rings (SSSR count). The van der Waals surface area contributed by atoms with Gasteiger partial charge in [0.1, 0.15) is 0 Å². The maximum atomic E-state index is 2.50. The Morgan fingerprint density at radius 2 is 1.03 bits per heavy atom. The van der Waals surface area contributed by atoms with E-state index < -0.39 is 0 Å². The van der Waals surface area contributed by atoms with Gasteiger partial charge in [-0.1, -0.05) is 72.3 Å². The molecule has 0 N–H and O–H groups in total. The van der Waals surface area contributed by atoms with Crippen LogP contribution in [-0.2, 0) is 0 Å². The third kappa shape index (κ3) is 2.55. The van der Waals surface area contributed by atoms with Crippen molar-refractivity contribution in [3.05, 3.63) is 114 Å². The number of rotatable bonds is 0. The molecule has 2 heterocycles. The smallest absolute Gasteiger partial charge is 0.0620 e. The molecule has 1 nitrogen and oxygen atoms in total. The molecule has 2 aromatic heterocycles. The van der Waals surface area contributed by atoms with Crippen molar-refractivity contribution in [2.24, 2.45) is 0 Å². The van der Waals surface area contributed by atoms with E-state index in [-0.39, 0.29) is 0 Å². The number of hydrogen-bond donors (Lipinski definition) is 0. The molecule has 0 saturated heterocycles. The lowest BCUT2D eigenvalue weighted by Crippen LogP contribution is -1.87. The molecular formula is C33H25N. The predicted molar refractivity (Wildman–Crippen MR) is 148 cm³/mol. The normalized spacial score (nSPS) is 12.0. The van der Waals surface area contributed by atoms with Gasteiger partial charge in [-0.2, -0.15) is 0 Å². The summed E-state index contributed by atoms with van der Waals surface area (Å²) < 4.78 is 2.50. The summed E-state index contributed by atoms with van der Waals surface area (Å²) in [6, 6.07) is 36.1. The molecule has 0 spiro atoms. The molecular weight excluding hydrogens is 410 g/mol. The topological polar surface area (TPSA) is 4.41 Å². The van der Waals surface area contributed by atoms with Gasteiger partial charge >= 0.3 is 0 Å². The first-order chi connectivity index (χ1) is 16.6. The van der Waals surface area contributed by atoms with Gasteiger partial charge in [0, 0.05) is 21.5 Å². The average molecular weight is 436 g/mol. The van der Waals surface area contributed by atoms with Gasteiger partial charge in [0.05, 0.1) is 16.6 Å². The maximum absolute atomic E-state index is 2.50. The minimum Gasteiger partial charge on any atom is -0.308 e. The van der Waals surface area contributed by atoms with Crippen LogP contribution in [0.25, 0.3) is 59.6 Å². The number of aryl methyl sites for hydroxylation is 3. The summed E-state index contributed by atoms with van der Waals surface area (Å²) in [6.07, 6.45) is 0. The third-order valence-electron chi connectivity index (χ3n) is 7.36. The number of nitrogens with zero attached hydrogens (tertiary/aromatic N) is 1. The molecule has 34 heavy (non-hydrogen) atoms. The fourth-order valence-electron chi connectivity index (χ4n) is 5.94. The van der Waals surface area contributed by atoms with Crippen molar-refractivity contribution in [3.63, 3.8) is 0 Å². The molecule has 1 heteroatoms. The van der Waals surface area contributed by atoms with Crippen LogP contribution in [-0.4, -0.2) is 4.40 Å². The number of fused-ring (bicyclic) bond motifs is 10. The van der Waals surface area contributed by atoms with Crippen LogP contribution < -0.4 is 0 Å². The van der Waals surface area contributed by atoms with E-state index in [1.807, 2.05) is 0 Å². The van der Waals surface area contributed by atoms with Gasteiger partial charge in [0.2, 0.25) is 0 Å². The summed E-state index contributed by atoms with van der Waals surface area (Å²) in [4.78, 5) is 0. The molecule has 7 aromatic rings. The number of aromatic nitrogens is 1. The molecule has 0 saturated carbocycles. The minimum absolute atomic E-state index is 1.23. The Labute approximate surface area is 198 Å². The summed E-state index contributed by atoms with van der Waals surface area (Å²) in [5.41, 5.74) is 7.66. The van der Waals surface area contributed by atoms with Crippen molar-refractivity contribution in [1.82, 2.24) is 4.40 Å². The van der Waals surface area contributed by atoms with E-state index >= 15 is 0 Å². The molecule has 0 bridgehead atoms. The van der Waals surface area contributed by atoms with E-state index in [0.29, 0.717) is 0 Å². The van der Waals surface area contributed by atoms with Crippen molar-refractivity contribution < 1.29 is 0 Å². The second-order valence-corrected chi connectivity index (χ2v) is 9.62. The van der Waals surface area contributed by atoms with Gasteiger partial charge in [-0.05, 0) is 83.8 Å². The van der Waals surface area contributed by atoms with Crippen LogP contribution in [0.3, 0.4) is 0 Å². The maximum Gasteiger partial charge on any atom is 0.0620 e. The molecule has 0 amide bonds. The SMILES string of the molecule is Cc1ccc2c(c1)c1cc(C)cc3c4ccccc4c4c(C)cccc4c4ccccc4n2c31. The van der Waals surface area contributed by atoms with E-state index in [0.717, 1.165) is 0 Å². The molecule has 0 aliphatic carbocycles. The van der Waals surface area contributed by atoms with E-state index in [1.165, 1.54) is 76.3 Å². The van der Waals surface area contributed by atoms with Crippen molar-refractivity contribution in [2.45, 2.75) is 20.8 Å². The minimum atomic E-state index is 1.23. The van der Waals surface area contributed by atoms with Crippen molar-refractivity contribution in [2.75, 3.05) is 0 Å². The molecule has 0 unspecified atom stereocenters. The van der Waals surface area contributed by atoms with Crippen LogP contribution in [0.5, 0.6) is 0 Å². The fraction of sp³-hybridized carbons (Fsp3) is 0.0909. The zero-order chi connectivity index (χ0) is 23.0. The number of benzene rings is 5. The highest BCUT2D eigenvalue weighted by Crippen LogP contribution is 2.39. The first-order valence-electron chi connectivity index (χ1n) is 12.0. The Morgan fingerprint density at radius 3 is 1.85 bits per heavy atom. The predicted octanol–water partition coefficient (Wildman–Crippen LogP) is 9.19. The second kappa shape index (κ2) is 6.95. The third-order valence-corrected chi connectivity index (χ3v) is 7.36. The van der Waals surface area contributed by atoms with E-state index in [9.17, 15) is 0 Å². The highest BCUT2D eigenvalue weighted by Gasteiger charge is 2.16. The van der Waals surface area contributed by atoms with Gasteiger partial charge in [0.15, 0.2) is 0 Å². The summed E-state index contributed by atoms with van der Waals surface area (Å²) in [7, 11) is 0. The first kappa shape index (κ1) is 19.4. The zero-order valence-corrected chi connectivity index (χ0v) is 19.7. The molecule has 5 aromatic carbocycles. The summed E-state index contributed by atoms with van der Waals surface area (Å²) in [5.74, 6) is 0. The Morgan fingerprint density at radius 1 is 0.441 bits per heavy atom. The van der Waals surface area contributed by atoms with E-state index in [1.54, 1.807) is 0 Å². The summed E-state index contributed by atoms with van der Waals surface area (Å²) in [6.45, 7) is 6.64. The van der Waals surface area contributed by atoms with Gasteiger partial charge in [-0.3, -0.25) is 0 Å². The lowest BCUT2D eigenvalue weighted by atomic mass is 9.97. The summed E-state index contributed by atoms with van der Waals surface area (Å²) in [5, 5.41) is 10.4. The molecule has 0 radical (unpaired) electrons. The quantitative estimate of drug-likeness (QED) is 0.224. The molecule has 0 atom stereocenters. The van der Waals surface area contributed by atoms with Crippen LogP contribution in [0.4, 0.5) is 0 Å². The molecule has 0 aliphatic heterocycles. The Bertz CT molecular complexity index is 1990. The monoisotopic (exact) mass is 435 g/mol. The van der Waals surface area contributed by atoms with Gasteiger partial charge in [0.25, 0.3) is 0 Å². The fourth-order valence-corrected chi connectivity index (χ4v) is 5.94. The highest BCUT2D eigenvalue weighted by atomic mass is 14.9. The van der Waals surface area contributed by atoms with Crippen LogP contribution >= 0.6 is 0 Å². The lowest BCUT2D eigenvalue weighted by Gasteiger charge is -2.06. The van der Waals surface area contributed by atoms with E-state index in [2.05, 4.69) is 122 Å². The molecule has 0 aliphatic rings. The first-order valence-corrected chi connectivity index (χ1v) is 12.0. The number of hydrogen-bond acceptors (Lipinski definition) is 0. The van der Waals surface area contributed by atoms with Crippen molar-refractivity contribution in [1.29, 1.82) is 0 Å². The van der Waals surface area contributed by atoms with Crippen LogP contribution in [0, 0.1) is 20.8 Å². The molecule has 0 fully saturated rings. The second-order valence-electron chi connectivity index (χ2n) is 9.62. The Balaban J connectivity index is 2.03. The lowest BCUT2D eigenvalue weighted by molar-refractivity contribution is 1.35. The van der Waals surface area contributed by atoms with Crippen LogP contribution in [0.1, 0.15) is 16.7 Å².